The van der Waals surface area contributed by atoms with Gasteiger partial charge in [0.2, 0.25) is 5.91 Å². The number of carbonyl (C=O) groups is 2. The van der Waals surface area contributed by atoms with Gasteiger partial charge >= 0.3 is 0 Å². The van der Waals surface area contributed by atoms with Crippen molar-refractivity contribution in [3.63, 3.8) is 0 Å². The maximum atomic E-state index is 12.4. The fourth-order valence-corrected chi connectivity index (χ4v) is 4.65. The summed E-state index contributed by atoms with van der Waals surface area (Å²) in [6.07, 6.45) is 0. The average Bonchev–Trinajstić information content (AvgIpc) is 3.45. The van der Waals surface area contributed by atoms with Crippen molar-refractivity contribution in [3.8, 4) is 11.3 Å². The lowest BCUT2D eigenvalue weighted by molar-refractivity contribution is -0.113. The molecule has 0 saturated carbocycles. The zero-order valence-electron chi connectivity index (χ0n) is 17.8. The van der Waals surface area contributed by atoms with Crippen molar-refractivity contribution in [2.75, 3.05) is 11.1 Å². The number of nitrogens with zero attached hydrogens (tertiary/aromatic N) is 4. The smallest absolute Gasteiger partial charge is 0.251 e. The monoisotopic (exact) mass is 532 g/mol. The van der Waals surface area contributed by atoms with Crippen LogP contribution in [0.5, 0.6) is 0 Å². The Balaban J connectivity index is 1.28. The SMILES string of the molecule is Cn1c(CNC(=O)c2ccc(Cl)c(Cl)c2)nnc1SCC(=O)Nc1nc(-c2ccccc2)cs1. The van der Waals surface area contributed by atoms with Gasteiger partial charge in [-0.3, -0.25) is 9.59 Å². The molecule has 2 heterocycles. The molecule has 0 aliphatic rings. The first-order chi connectivity index (χ1) is 16.4. The van der Waals surface area contributed by atoms with E-state index in [9.17, 15) is 9.59 Å². The molecule has 0 aliphatic heterocycles. The quantitative estimate of drug-likeness (QED) is 0.312. The summed E-state index contributed by atoms with van der Waals surface area (Å²) in [5.41, 5.74) is 2.20. The van der Waals surface area contributed by atoms with Crippen LogP contribution in [0, 0.1) is 0 Å². The topological polar surface area (TPSA) is 102 Å². The minimum absolute atomic E-state index is 0.141. The van der Waals surface area contributed by atoms with Gasteiger partial charge in [0, 0.05) is 23.6 Å². The van der Waals surface area contributed by atoms with Crippen LogP contribution in [0.4, 0.5) is 5.13 Å². The summed E-state index contributed by atoms with van der Waals surface area (Å²) in [7, 11) is 1.77. The van der Waals surface area contributed by atoms with Gasteiger partial charge in [-0.05, 0) is 18.2 Å². The summed E-state index contributed by atoms with van der Waals surface area (Å²) in [4.78, 5) is 29.2. The molecule has 2 aromatic heterocycles. The van der Waals surface area contributed by atoms with Crippen LogP contribution in [-0.4, -0.2) is 37.3 Å². The van der Waals surface area contributed by atoms with E-state index in [0.717, 1.165) is 11.3 Å². The fourth-order valence-electron chi connectivity index (χ4n) is 2.88. The molecule has 4 rings (SSSR count). The molecule has 0 aliphatic carbocycles. The third-order valence-corrected chi connectivity index (χ3v) is 7.18. The Kier molecular flexibility index (Phi) is 7.84. The second-order valence-electron chi connectivity index (χ2n) is 7.01. The standard InChI is InChI=1S/C22H18Cl2N6O2S2/c1-30-18(10-25-20(32)14-7-8-15(23)16(24)9-14)28-29-22(30)34-12-19(31)27-21-26-17(11-33-21)13-5-3-2-4-6-13/h2-9,11H,10,12H2,1H3,(H,25,32)(H,26,27,31). The van der Waals surface area contributed by atoms with Gasteiger partial charge in [-0.15, -0.1) is 21.5 Å². The number of amides is 2. The number of anilines is 1. The largest absolute Gasteiger partial charge is 0.345 e. The van der Waals surface area contributed by atoms with E-state index in [-0.39, 0.29) is 24.1 Å². The third kappa shape index (κ3) is 5.95. The van der Waals surface area contributed by atoms with Crippen molar-refractivity contribution in [1.29, 1.82) is 0 Å². The molecule has 12 heteroatoms. The van der Waals surface area contributed by atoms with Gasteiger partial charge in [0.15, 0.2) is 16.1 Å². The number of thiazole rings is 1. The van der Waals surface area contributed by atoms with Crippen molar-refractivity contribution < 1.29 is 9.59 Å². The number of hydrogen-bond donors (Lipinski definition) is 2. The molecule has 8 nitrogen and oxygen atoms in total. The summed E-state index contributed by atoms with van der Waals surface area (Å²) in [6, 6.07) is 14.4. The molecular formula is C22H18Cl2N6O2S2. The van der Waals surface area contributed by atoms with E-state index in [1.807, 2.05) is 35.7 Å². The molecule has 4 aromatic rings. The molecule has 2 aromatic carbocycles. The van der Waals surface area contributed by atoms with Gasteiger partial charge in [-0.2, -0.15) is 0 Å². The highest BCUT2D eigenvalue weighted by Crippen LogP contribution is 2.25. The number of hydrogen-bond acceptors (Lipinski definition) is 7. The van der Waals surface area contributed by atoms with E-state index in [2.05, 4.69) is 25.8 Å². The molecule has 2 N–H and O–H groups in total. The lowest BCUT2D eigenvalue weighted by Crippen LogP contribution is -2.24. The Morgan fingerprint density at radius 3 is 2.65 bits per heavy atom. The molecule has 34 heavy (non-hydrogen) atoms. The van der Waals surface area contributed by atoms with Crippen molar-refractivity contribution in [2.45, 2.75) is 11.7 Å². The number of rotatable bonds is 8. The lowest BCUT2D eigenvalue weighted by Gasteiger charge is -2.07. The Morgan fingerprint density at radius 2 is 1.88 bits per heavy atom. The van der Waals surface area contributed by atoms with Gasteiger partial charge in [-0.25, -0.2) is 4.98 Å². The first-order valence-electron chi connectivity index (χ1n) is 9.96. The number of aromatic nitrogens is 4. The van der Waals surface area contributed by atoms with Gasteiger partial charge in [0.05, 0.1) is 28.0 Å². The Morgan fingerprint density at radius 1 is 1.09 bits per heavy atom. The van der Waals surface area contributed by atoms with Crippen molar-refractivity contribution in [2.24, 2.45) is 7.05 Å². The predicted octanol–water partition coefficient (Wildman–Crippen LogP) is 4.91. The number of thioether (sulfide) groups is 1. The van der Waals surface area contributed by atoms with Crippen molar-refractivity contribution in [1.82, 2.24) is 25.1 Å². The molecule has 0 atom stereocenters. The van der Waals surface area contributed by atoms with E-state index in [1.165, 1.54) is 29.2 Å². The Hall–Kier alpha value is -2.92. The number of carbonyl (C=O) groups excluding carboxylic acids is 2. The van der Waals surface area contributed by atoms with Gasteiger partial charge in [0.25, 0.3) is 5.91 Å². The summed E-state index contributed by atoms with van der Waals surface area (Å²) < 4.78 is 1.73. The highest BCUT2D eigenvalue weighted by molar-refractivity contribution is 7.99. The van der Waals surface area contributed by atoms with Gasteiger partial charge < -0.3 is 15.2 Å². The van der Waals surface area contributed by atoms with E-state index in [4.69, 9.17) is 23.2 Å². The second-order valence-corrected chi connectivity index (χ2v) is 9.63. The van der Waals surface area contributed by atoms with Gasteiger partial charge in [-0.1, -0.05) is 65.3 Å². The zero-order valence-corrected chi connectivity index (χ0v) is 20.9. The Bertz CT molecular complexity index is 1330. The first-order valence-corrected chi connectivity index (χ1v) is 12.6. The molecular weight excluding hydrogens is 515 g/mol. The minimum Gasteiger partial charge on any atom is -0.345 e. The van der Waals surface area contributed by atoms with E-state index in [1.54, 1.807) is 23.7 Å². The van der Waals surface area contributed by atoms with Crippen LogP contribution >= 0.6 is 46.3 Å². The lowest BCUT2D eigenvalue weighted by atomic mass is 10.2. The second kappa shape index (κ2) is 11.0. The minimum atomic E-state index is -0.312. The molecule has 0 fully saturated rings. The molecule has 0 unspecified atom stereocenters. The number of benzene rings is 2. The van der Waals surface area contributed by atoms with E-state index >= 15 is 0 Å². The maximum absolute atomic E-state index is 12.4. The molecule has 2 amide bonds. The normalized spacial score (nSPS) is 10.8. The molecule has 0 bridgehead atoms. The van der Waals surface area contributed by atoms with Gasteiger partial charge in [0.1, 0.15) is 0 Å². The first kappa shape index (κ1) is 24.2. The summed E-state index contributed by atoms with van der Waals surface area (Å²) in [6.45, 7) is 0.163. The molecule has 0 radical (unpaired) electrons. The van der Waals surface area contributed by atoms with E-state index in [0.29, 0.717) is 31.7 Å². The highest BCUT2D eigenvalue weighted by Gasteiger charge is 2.15. The maximum Gasteiger partial charge on any atom is 0.251 e. The van der Waals surface area contributed by atoms with Crippen LogP contribution in [0.2, 0.25) is 10.0 Å². The van der Waals surface area contributed by atoms with Crippen LogP contribution in [0.25, 0.3) is 11.3 Å². The third-order valence-electron chi connectivity index (χ3n) is 4.67. The highest BCUT2D eigenvalue weighted by atomic mass is 35.5. The van der Waals surface area contributed by atoms with Crippen molar-refractivity contribution in [3.05, 3.63) is 75.3 Å². The average molecular weight is 533 g/mol. The van der Waals surface area contributed by atoms with Crippen LogP contribution in [0.15, 0.2) is 59.1 Å². The van der Waals surface area contributed by atoms with Crippen LogP contribution < -0.4 is 10.6 Å². The summed E-state index contributed by atoms with van der Waals surface area (Å²) in [5, 5.41) is 17.5. The predicted molar refractivity (Wildman–Crippen MR) is 136 cm³/mol. The van der Waals surface area contributed by atoms with Crippen LogP contribution in [0.1, 0.15) is 16.2 Å². The zero-order chi connectivity index (χ0) is 24.1. The number of halogens is 2. The van der Waals surface area contributed by atoms with Crippen LogP contribution in [0.3, 0.4) is 0 Å². The van der Waals surface area contributed by atoms with Crippen molar-refractivity contribution >= 4 is 63.2 Å². The number of nitrogens with one attached hydrogen (secondary N) is 2. The summed E-state index contributed by atoms with van der Waals surface area (Å²) in [5.74, 6) is 0.177. The molecule has 0 spiro atoms. The summed E-state index contributed by atoms with van der Waals surface area (Å²) >= 11 is 14.5. The van der Waals surface area contributed by atoms with E-state index < -0.39 is 0 Å². The van der Waals surface area contributed by atoms with Crippen LogP contribution in [-0.2, 0) is 18.4 Å². The fraction of sp³-hybridized carbons (Fsp3) is 0.136. The Labute approximate surface area is 213 Å². The molecule has 0 saturated heterocycles. The molecule has 174 valence electrons.